The number of hydrogen-bond donors (Lipinski definition) is 1. The number of hydrogen-bond acceptors (Lipinski definition) is 2. The number of aliphatic hydroxyl groups is 1. The SMILES string of the molecule is CC(C)(C)Oc1cccc(C(C)(O)CC(F)(C(F)(F)F)C(F)(F)F)c1. The van der Waals surface area contributed by atoms with Crippen molar-refractivity contribution in [3.05, 3.63) is 29.8 Å². The number of rotatable bonds is 4. The minimum absolute atomic E-state index is 0.119. The monoisotopic (exact) mass is 376 g/mol. The Morgan fingerprint density at radius 3 is 1.76 bits per heavy atom. The van der Waals surface area contributed by atoms with Crippen molar-refractivity contribution in [1.29, 1.82) is 0 Å². The van der Waals surface area contributed by atoms with Gasteiger partial charge in [-0.3, -0.25) is 0 Å². The molecule has 0 aliphatic carbocycles. The third-order valence-electron chi connectivity index (χ3n) is 3.37. The average molecular weight is 376 g/mol. The van der Waals surface area contributed by atoms with Crippen LogP contribution in [-0.4, -0.2) is 28.7 Å². The molecule has 1 atom stereocenters. The van der Waals surface area contributed by atoms with E-state index in [0.717, 1.165) is 12.1 Å². The number of halogens is 7. The smallest absolute Gasteiger partial charge is 0.431 e. The minimum atomic E-state index is -6.23. The van der Waals surface area contributed by atoms with E-state index in [4.69, 9.17) is 4.74 Å². The fourth-order valence-corrected chi connectivity index (χ4v) is 2.19. The molecular weight excluding hydrogens is 357 g/mol. The van der Waals surface area contributed by atoms with Crippen LogP contribution in [0.4, 0.5) is 30.7 Å². The maximum atomic E-state index is 13.9. The van der Waals surface area contributed by atoms with Gasteiger partial charge in [-0.05, 0) is 45.4 Å². The Kier molecular flexibility index (Phi) is 5.46. The van der Waals surface area contributed by atoms with Crippen molar-refractivity contribution in [1.82, 2.24) is 0 Å². The van der Waals surface area contributed by atoms with Gasteiger partial charge < -0.3 is 9.84 Å². The van der Waals surface area contributed by atoms with Gasteiger partial charge in [0, 0.05) is 6.42 Å². The molecule has 1 N–H and O–H groups in total. The van der Waals surface area contributed by atoms with Gasteiger partial charge in [-0.2, -0.15) is 26.3 Å². The summed E-state index contributed by atoms with van der Waals surface area (Å²) in [6, 6.07) is 4.88. The Balaban J connectivity index is 3.26. The molecule has 1 rings (SSSR count). The van der Waals surface area contributed by atoms with Crippen LogP contribution in [0.2, 0.25) is 0 Å². The summed E-state index contributed by atoms with van der Waals surface area (Å²) >= 11 is 0. The highest BCUT2D eigenvalue weighted by Gasteiger charge is 2.73. The molecule has 0 amide bonds. The Hall–Kier alpha value is -1.51. The Morgan fingerprint density at radius 2 is 1.36 bits per heavy atom. The maximum absolute atomic E-state index is 13.9. The van der Waals surface area contributed by atoms with E-state index < -0.39 is 35.6 Å². The summed E-state index contributed by atoms with van der Waals surface area (Å²) in [6.45, 7) is 5.72. The van der Waals surface area contributed by atoms with Gasteiger partial charge in [-0.25, -0.2) is 4.39 Å². The van der Waals surface area contributed by atoms with Crippen molar-refractivity contribution in [2.24, 2.45) is 0 Å². The van der Waals surface area contributed by atoms with Gasteiger partial charge in [0.05, 0.1) is 5.60 Å². The lowest BCUT2D eigenvalue weighted by Crippen LogP contribution is -2.56. The molecule has 2 nitrogen and oxygen atoms in total. The standard InChI is InChI=1S/C16H19F7O2/c1-12(2,3)25-11-7-5-6-10(8-11)13(4,24)9-14(17,15(18,19)20)16(21,22)23/h5-8,24H,9H2,1-4H3. The van der Waals surface area contributed by atoms with Gasteiger partial charge in [-0.1, -0.05) is 12.1 Å². The molecule has 9 heteroatoms. The summed E-state index contributed by atoms with van der Waals surface area (Å²) in [7, 11) is 0. The summed E-state index contributed by atoms with van der Waals surface area (Å²) in [4.78, 5) is 0. The molecule has 0 aliphatic heterocycles. The second-order valence-corrected chi connectivity index (χ2v) is 6.99. The Bertz CT molecular complexity index is 584. The van der Waals surface area contributed by atoms with Gasteiger partial charge in [0.15, 0.2) is 0 Å². The Morgan fingerprint density at radius 1 is 0.880 bits per heavy atom. The highest BCUT2D eigenvalue weighted by molar-refractivity contribution is 5.33. The minimum Gasteiger partial charge on any atom is -0.488 e. The molecule has 0 spiro atoms. The second kappa shape index (κ2) is 6.34. The molecule has 1 aromatic carbocycles. The molecule has 0 heterocycles. The van der Waals surface area contributed by atoms with Crippen molar-refractivity contribution in [2.75, 3.05) is 0 Å². The van der Waals surface area contributed by atoms with Crippen LogP contribution >= 0.6 is 0 Å². The van der Waals surface area contributed by atoms with E-state index in [-0.39, 0.29) is 11.3 Å². The van der Waals surface area contributed by atoms with E-state index in [0.29, 0.717) is 6.92 Å². The first-order chi connectivity index (χ1) is 10.9. The van der Waals surface area contributed by atoms with Crippen LogP contribution in [0.15, 0.2) is 24.3 Å². The highest BCUT2D eigenvalue weighted by atomic mass is 19.4. The van der Waals surface area contributed by atoms with Crippen LogP contribution in [-0.2, 0) is 5.60 Å². The summed E-state index contributed by atoms with van der Waals surface area (Å²) in [5, 5.41) is 10.2. The molecule has 0 aliphatic rings. The lowest BCUT2D eigenvalue weighted by atomic mass is 9.83. The summed E-state index contributed by atoms with van der Waals surface area (Å²) < 4.78 is 95.7. The zero-order valence-corrected chi connectivity index (χ0v) is 14.0. The molecule has 144 valence electrons. The maximum Gasteiger partial charge on any atom is 0.431 e. The lowest BCUT2D eigenvalue weighted by molar-refractivity contribution is -0.352. The average Bonchev–Trinajstić information content (AvgIpc) is 2.33. The topological polar surface area (TPSA) is 29.5 Å². The second-order valence-electron chi connectivity index (χ2n) is 6.99. The van der Waals surface area contributed by atoms with Crippen molar-refractivity contribution in [2.45, 2.75) is 63.3 Å². The van der Waals surface area contributed by atoms with E-state index in [1.54, 1.807) is 20.8 Å². The molecular formula is C16H19F7O2. The highest BCUT2D eigenvalue weighted by Crippen LogP contribution is 2.52. The van der Waals surface area contributed by atoms with Crippen LogP contribution in [0.5, 0.6) is 5.75 Å². The van der Waals surface area contributed by atoms with E-state index in [2.05, 4.69) is 0 Å². The van der Waals surface area contributed by atoms with E-state index >= 15 is 0 Å². The van der Waals surface area contributed by atoms with Crippen LogP contribution < -0.4 is 4.74 Å². The third-order valence-corrected chi connectivity index (χ3v) is 3.37. The molecule has 0 bridgehead atoms. The van der Waals surface area contributed by atoms with Crippen LogP contribution in [0, 0.1) is 0 Å². The zero-order valence-electron chi connectivity index (χ0n) is 14.0. The van der Waals surface area contributed by atoms with Crippen molar-refractivity contribution < 1.29 is 40.6 Å². The Labute approximate surface area is 140 Å². The number of alkyl halides is 7. The van der Waals surface area contributed by atoms with Crippen molar-refractivity contribution in [3.8, 4) is 5.75 Å². The first kappa shape index (κ1) is 21.5. The number of benzene rings is 1. The molecule has 0 fully saturated rings. The predicted molar refractivity (Wildman–Crippen MR) is 77.0 cm³/mol. The van der Waals surface area contributed by atoms with Gasteiger partial charge in [0.2, 0.25) is 0 Å². The van der Waals surface area contributed by atoms with Gasteiger partial charge in [0.25, 0.3) is 0 Å². The lowest BCUT2D eigenvalue weighted by Gasteiger charge is -2.36. The van der Waals surface area contributed by atoms with Crippen molar-refractivity contribution >= 4 is 0 Å². The predicted octanol–water partition coefficient (Wildman–Crippen LogP) is 5.29. The van der Waals surface area contributed by atoms with E-state index in [1.807, 2.05) is 0 Å². The van der Waals surface area contributed by atoms with Crippen LogP contribution in [0.25, 0.3) is 0 Å². The van der Waals surface area contributed by atoms with E-state index in [9.17, 15) is 35.8 Å². The first-order valence-electron chi connectivity index (χ1n) is 7.23. The van der Waals surface area contributed by atoms with Gasteiger partial charge in [0.1, 0.15) is 11.4 Å². The molecule has 0 radical (unpaired) electrons. The van der Waals surface area contributed by atoms with Gasteiger partial charge >= 0.3 is 18.0 Å². The van der Waals surface area contributed by atoms with E-state index in [1.165, 1.54) is 12.1 Å². The molecule has 0 saturated heterocycles. The fourth-order valence-electron chi connectivity index (χ4n) is 2.19. The molecule has 25 heavy (non-hydrogen) atoms. The molecule has 1 aromatic rings. The summed E-state index contributed by atoms with van der Waals surface area (Å²) in [5.41, 5.74) is -9.31. The molecule has 0 saturated carbocycles. The third kappa shape index (κ3) is 4.99. The largest absolute Gasteiger partial charge is 0.488 e. The van der Waals surface area contributed by atoms with Crippen LogP contribution in [0.1, 0.15) is 39.7 Å². The van der Waals surface area contributed by atoms with Crippen LogP contribution in [0.3, 0.4) is 0 Å². The number of ether oxygens (including phenoxy) is 1. The quantitative estimate of drug-likeness (QED) is 0.723. The first-order valence-corrected chi connectivity index (χ1v) is 7.23. The normalized spacial score (nSPS) is 16.5. The zero-order chi connectivity index (χ0) is 19.9. The molecule has 0 aromatic heterocycles. The summed E-state index contributed by atoms with van der Waals surface area (Å²) in [5.74, 6) is 0.119. The fraction of sp³-hybridized carbons (Fsp3) is 0.625. The summed E-state index contributed by atoms with van der Waals surface area (Å²) in [6.07, 6.45) is -14.7. The van der Waals surface area contributed by atoms with Crippen molar-refractivity contribution in [3.63, 3.8) is 0 Å². The molecule has 1 unspecified atom stereocenters. The van der Waals surface area contributed by atoms with Gasteiger partial charge in [-0.15, -0.1) is 0 Å².